The number of benzene rings is 2. The molecule has 1 fully saturated rings. The molecule has 1 saturated heterocycles. The first-order valence-electron chi connectivity index (χ1n) is 12.7. The second kappa shape index (κ2) is 11.8. The normalized spacial score (nSPS) is 17.7. The molecule has 1 aliphatic heterocycles. The molecule has 1 unspecified atom stereocenters. The fourth-order valence-corrected chi connectivity index (χ4v) is 5.91. The lowest BCUT2D eigenvalue weighted by Crippen LogP contribution is -2.52. The van der Waals surface area contributed by atoms with Crippen molar-refractivity contribution in [3.8, 4) is 0 Å². The summed E-state index contributed by atoms with van der Waals surface area (Å²) in [5, 5.41) is 7.40. The second-order valence-electron chi connectivity index (χ2n) is 9.89. The zero-order valence-electron chi connectivity index (χ0n) is 21.5. The van der Waals surface area contributed by atoms with Crippen LogP contribution < -0.4 is 10.6 Å². The van der Waals surface area contributed by atoms with Crippen LogP contribution in [0.15, 0.2) is 71.9 Å². The predicted molar refractivity (Wildman–Crippen MR) is 144 cm³/mol. The number of nitrogens with zero attached hydrogens (tertiary/aromatic N) is 2. The van der Waals surface area contributed by atoms with E-state index in [1.165, 1.54) is 12.3 Å². The molecule has 0 spiro atoms. The number of nitrogens with one attached hydrogen (secondary N) is 2. The van der Waals surface area contributed by atoms with Crippen molar-refractivity contribution in [1.29, 1.82) is 0 Å². The van der Waals surface area contributed by atoms with E-state index in [1.807, 2.05) is 44.2 Å². The van der Waals surface area contributed by atoms with Crippen molar-refractivity contribution in [1.82, 2.24) is 19.9 Å². The third-order valence-electron chi connectivity index (χ3n) is 6.52. The molecule has 38 heavy (non-hydrogen) atoms. The van der Waals surface area contributed by atoms with Crippen molar-refractivity contribution in [3.05, 3.63) is 72.4 Å². The highest BCUT2D eigenvalue weighted by molar-refractivity contribution is 7.89. The molecule has 0 bridgehead atoms. The first-order valence-corrected chi connectivity index (χ1v) is 14.1. The molecular formula is C28H32N4O5S. The number of ketones is 1. The largest absolute Gasteiger partial charge is 0.344 e. The summed E-state index contributed by atoms with van der Waals surface area (Å²) in [6.07, 6.45) is 2.45. The van der Waals surface area contributed by atoms with E-state index >= 15 is 0 Å². The van der Waals surface area contributed by atoms with Crippen molar-refractivity contribution in [2.24, 2.45) is 5.92 Å². The third kappa shape index (κ3) is 6.43. The van der Waals surface area contributed by atoms with Gasteiger partial charge in [-0.15, -0.1) is 0 Å². The molecule has 1 aromatic heterocycles. The lowest BCUT2D eigenvalue weighted by Gasteiger charge is -2.23. The first kappa shape index (κ1) is 27.4. The van der Waals surface area contributed by atoms with Crippen molar-refractivity contribution in [2.45, 2.75) is 50.2 Å². The van der Waals surface area contributed by atoms with Gasteiger partial charge in [0.2, 0.25) is 5.91 Å². The van der Waals surface area contributed by atoms with Crippen LogP contribution in [0, 0.1) is 5.92 Å². The Kier molecular flexibility index (Phi) is 8.53. The van der Waals surface area contributed by atoms with Gasteiger partial charge in [0.15, 0.2) is 10.8 Å². The average molecular weight is 537 g/mol. The van der Waals surface area contributed by atoms with E-state index in [4.69, 9.17) is 0 Å². The van der Waals surface area contributed by atoms with E-state index in [0.717, 1.165) is 15.1 Å². The number of Topliss-reactive ketones (excluding diaryl/α,β-unsaturated/α-hetero) is 1. The van der Waals surface area contributed by atoms with Gasteiger partial charge in [0.05, 0.1) is 12.6 Å². The van der Waals surface area contributed by atoms with Gasteiger partial charge in [-0.2, -0.15) is 4.31 Å². The van der Waals surface area contributed by atoms with Gasteiger partial charge in [-0.05, 0) is 60.2 Å². The minimum Gasteiger partial charge on any atom is -0.344 e. The molecular weight excluding hydrogens is 504 g/mol. The minimum absolute atomic E-state index is 0.103. The van der Waals surface area contributed by atoms with Gasteiger partial charge in [0, 0.05) is 18.3 Å². The van der Waals surface area contributed by atoms with Crippen LogP contribution in [0.5, 0.6) is 0 Å². The monoisotopic (exact) mass is 536 g/mol. The number of carbonyl (C=O) groups excluding carboxylic acids is 3. The number of pyridine rings is 1. The highest BCUT2D eigenvalue weighted by atomic mass is 32.2. The van der Waals surface area contributed by atoms with Gasteiger partial charge < -0.3 is 10.6 Å². The molecule has 2 heterocycles. The van der Waals surface area contributed by atoms with Crippen LogP contribution in [0.25, 0.3) is 10.8 Å². The maximum atomic E-state index is 13.3. The Hall–Kier alpha value is -3.63. The second-order valence-corrected chi connectivity index (χ2v) is 11.8. The van der Waals surface area contributed by atoms with E-state index in [9.17, 15) is 22.8 Å². The van der Waals surface area contributed by atoms with Crippen LogP contribution in [-0.2, 0) is 19.6 Å². The summed E-state index contributed by atoms with van der Waals surface area (Å²) in [5.41, 5.74) is 0.436. The topological polar surface area (TPSA) is 126 Å². The molecule has 200 valence electrons. The first-order chi connectivity index (χ1) is 18.1. The SMILES string of the molecule is CC(C)CC(NC(=O)c1ccc2ccccc2c1)C(=O)N[C@H]1CCCN(S(=O)(=O)c2ccccn2)CC1=O. The number of aromatic nitrogens is 1. The number of carbonyl (C=O) groups is 3. The molecule has 2 aromatic carbocycles. The van der Waals surface area contributed by atoms with Crippen LogP contribution >= 0.6 is 0 Å². The Labute approximate surface area is 222 Å². The van der Waals surface area contributed by atoms with Gasteiger partial charge in [-0.1, -0.05) is 50.2 Å². The van der Waals surface area contributed by atoms with Gasteiger partial charge in [-0.3, -0.25) is 14.4 Å². The Morgan fingerprint density at radius 2 is 1.79 bits per heavy atom. The molecule has 2 atom stereocenters. The number of sulfonamides is 1. The maximum absolute atomic E-state index is 13.3. The Morgan fingerprint density at radius 3 is 2.50 bits per heavy atom. The summed E-state index contributed by atoms with van der Waals surface area (Å²) in [6.45, 7) is 3.67. The van der Waals surface area contributed by atoms with Crippen LogP contribution in [0.4, 0.5) is 0 Å². The van der Waals surface area contributed by atoms with Crippen molar-refractivity contribution in [3.63, 3.8) is 0 Å². The zero-order chi connectivity index (χ0) is 27.3. The summed E-state index contributed by atoms with van der Waals surface area (Å²) < 4.78 is 27.0. The third-order valence-corrected chi connectivity index (χ3v) is 8.28. The lowest BCUT2D eigenvalue weighted by molar-refractivity contribution is -0.129. The number of amides is 2. The van der Waals surface area contributed by atoms with Crippen LogP contribution in [0.3, 0.4) is 0 Å². The lowest BCUT2D eigenvalue weighted by atomic mass is 10.0. The Morgan fingerprint density at radius 1 is 1.05 bits per heavy atom. The highest BCUT2D eigenvalue weighted by Crippen LogP contribution is 2.19. The minimum atomic E-state index is -3.93. The summed E-state index contributed by atoms with van der Waals surface area (Å²) in [4.78, 5) is 43.3. The van der Waals surface area contributed by atoms with Gasteiger partial charge in [0.1, 0.15) is 6.04 Å². The molecule has 9 nitrogen and oxygen atoms in total. The Balaban J connectivity index is 1.44. The molecule has 2 N–H and O–H groups in total. The summed E-state index contributed by atoms with van der Waals surface area (Å²) in [6, 6.07) is 15.9. The average Bonchev–Trinajstić information content (AvgIpc) is 3.09. The molecule has 0 aliphatic carbocycles. The molecule has 0 radical (unpaired) electrons. The highest BCUT2D eigenvalue weighted by Gasteiger charge is 2.34. The van der Waals surface area contributed by atoms with E-state index in [2.05, 4.69) is 15.6 Å². The summed E-state index contributed by atoms with van der Waals surface area (Å²) >= 11 is 0. The van der Waals surface area contributed by atoms with E-state index < -0.39 is 33.8 Å². The van der Waals surface area contributed by atoms with E-state index in [0.29, 0.717) is 24.8 Å². The number of hydrogen-bond acceptors (Lipinski definition) is 6. The van der Waals surface area contributed by atoms with E-state index in [1.54, 1.807) is 24.3 Å². The molecule has 0 saturated carbocycles. The smallest absolute Gasteiger partial charge is 0.260 e. The quantitative estimate of drug-likeness (QED) is 0.456. The molecule has 10 heteroatoms. The summed E-state index contributed by atoms with van der Waals surface area (Å²) in [5.74, 6) is -1.14. The Bertz CT molecular complexity index is 1430. The van der Waals surface area contributed by atoms with Crippen molar-refractivity contribution >= 4 is 38.4 Å². The number of rotatable bonds is 8. The molecule has 3 aromatic rings. The number of fused-ring (bicyclic) bond motifs is 1. The fraction of sp³-hybridized carbons (Fsp3) is 0.357. The maximum Gasteiger partial charge on any atom is 0.260 e. The van der Waals surface area contributed by atoms with Crippen LogP contribution in [-0.4, -0.2) is 60.5 Å². The molecule has 4 rings (SSSR count). The van der Waals surface area contributed by atoms with Gasteiger partial charge in [0.25, 0.3) is 15.9 Å². The molecule has 2 amide bonds. The summed E-state index contributed by atoms with van der Waals surface area (Å²) in [7, 11) is -3.93. The van der Waals surface area contributed by atoms with Crippen LogP contribution in [0.2, 0.25) is 0 Å². The number of hydrogen-bond donors (Lipinski definition) is 2. The van der Waals surface area contributed by atoms with Gasteiger partial charge >= 0.3 is 0 Å². The van der Waals surface area contributed by atoms with Crippen LogP contribution in [0.1, 0.15) is 43.5 Å². The van der Waals surface area contributed by atoms with Gasteiger partial charge in [-0.25, -0.2) is 13.4 Å². The standard InChI is InChI=1S/C28H32N4O5S/c1-19(2)16-24(31-27(34)22-13-12-20-8-3-4-9-21(20)17-22)28(35)30-23-10-7-15-32(18-25(23)33)38(36,37)26-11-5-6-14-29-26/h3-6,8-9,11-14,17,19,23-24H,7,10,15-16,18H2,1-2H3,(H,30,35)(H,31,34)/t23-,24?/m0/s1. The van der Waals surface area contributed by atoms with Crippen molar-refractivity contribution in [2.75, 3.05) is 13.1 Å². The van der Waals surface area contributed by atoms with Crippen molar-refractivity contribution < 1.29 is 22.8 Å². The zero-order valence-corrected chi connectivity index (χ0v) is 22.3. The fourth-order valence-electron chi connectivity index (χ4n) is 4.53. The van der Waals surface area contributed by atoms with E-state index in [-0.39, 0.29) is 29.9 Å². The predicted octanol–water partition coefficient (Wildman–Crippen LogP) is 2.92. The molecule has 1 aliphatic rings.